The van der Waals surface area contributed by atoms with Crippen LogP contribution in [0.3, 0.4) is 0 Å². The molecule has 0 aliphatic carbocycles. The average molecular weight is 242 g/mol. The predicted molar refractivity (Wildman–Crippen MR) is 59.6 cm³/mol. The van der Waals surface area contributed by atoms with Crippen LogP contribution < -0.4 is 0 Å². The average Bonchev–Trinajstić information content (AvgIpc) is 2.25. The van der Waals surface area contributed by atoms with Gasteiger partial charge in [-0.3, -0.25) is 4.18 Å². The molecule has 0 amide bonds. The third-order valence-corrected chi connectivity index (χ3v) is 3.54. The number of carbonyl (C=O) groups is 1. The molecule has 0 N–H and O–H groups in total. The van der Waals surface area contributed by atoms with E-state index in [2.05, 4.69) is 0 Å². The molecule has 0 saturated carbocycles. The second-order valence-electron chi connectivity index (χ2n) is 3.35. The van der Waals surface area contributed by atoms with Crippen molar-refractivity contribution in [2.45, 2.75) is 24.7 Å². The molecule has 1 aromatic carbocycles. The minimum atomic E-state index is -3.69. The number of carbonyl (C=O) groups excluding carboxylic acids is 1. The van der Waals surface area contributed by atoms with Crippen LogP contribution in [0.25, 0.3) is 0 Å². The Kier molecular flexibility index (Phi) is 4.64. The van der Waals surface area contributed by atoms with E-state index in [9.17, 15) is 13.2 Å². The van der Waals surface area contributed by atoms with Gasteiger partial charge in [0.1, 0.15) is 6.29 Å². The van der Waals surface area contributed by atoms with Crippen LogP contribution in [-0.2, 0) is 19.1 Å². The fourth-order valence-electron chi connectivity index (χ4n) is 1.24. The second kappa shape index (κ2) is 5.77. The minimum absolute atomic E-state index is 0.0371. The zero-order valence-electron chi connectivity index (χ0n) is 9.05. The third kappa shape index (κ3) is 3.43. The fraction of sp³-hybridized carbons (Fsp3) is 0.364. The van der Waals surface area contributed by atoms with E-state index in [1.54, 1.807) is 25.1 Å². The molecule has 0 heterocycles. The van der Waals surface area contributed by atoms with Crippen molar-refractivity contribution < 1.29 is 17.4 Å². The van der Waals surface area contributed by atoms with E-state index in [-0.39, 0.29) is 11.5 Å². The zero-order chi connectivity index (χ0) is 12.0. The molecule has 0 atom stereocenters. The maximum Gasteiger partial charge on any atom is 0.297 e. The highest BCUT2D eigenvalue weighted by molar-refractivity contribution is 7.86. The Balaban J connectivity index is 2.71. The molecule has 0 saturated heterocycles. The highest BCUT2D eigenvalue weighted by atomic mass is 32.2. The molecule has 0 bridgehead atoms. The van der Waals surface area contributed by atoms with E-state index in [0.717, 1.165) is 6.29 Å². The summed E-state index contributed by atoms with van der Waals surface area (Å²) in [6.07, 6.45) is 1.46. The van der Waals surface area contributed by atoms with Gasteiger partial charge in [-0.15, -0.1) is 0 Å². The van der Waals surface area contributed by atoms with Crippen LogP contribution in [0.5, 0.6) is 0 Å². The number of unbranched alkanes of at least 4 members (excludes halogenated alkanes) is 1. The van der Waals surface area contributed by atoms with Gasteiger partial charge in [0.05, 0.1) is 11.5 Å². The highest BCUT2D eigenvalue weighted by Gasteiger charge is 2.16. The predicted octanol–water partition coefficient (Wildman–Crippen LogP) is 1.68. The first-order valence-electron chi connectivity index (χ1n) is 4.96. The monoisotopic (exact) mass is 242 g/mol. The van der Waals surface area contributed by atoms with Crippen LogP contribution in [-0.4, -0.2) is 21.3 Å². The number of aldehydes is 1. The summed E-state index contributed by atoms with van der Waals surface area (Å²) in [5, 5.41) is 0. The summed E-state index contributed by atoms with van der Waals surface area (Å²) in [4.78, 5) is 10.2. The van der Waals surface area contributed by atoms with Crippen LogP contribution in [0, 0.1) is 6.92 Å². The van der Waals surface area contributed by atoms with Crippen molar-refractivity contribution in [2.75, 3.05) is 6.61 Å². The van der Waals surface area contributed by atoms with E-state index in [1.165, 1.54) is 6.07 Å². The molecule has 0 unspecified atom stereocenters. The van der Waals surface area contributed by atoms with Gasteiger partial charge in [0.15, 0.2) is 0 Å². The van der Waals surface area contributed by atoms with Crippen molar-refractivity contribution in [3.05, 3.63) is 29.8 Å². The number of rotatable bonds is 6. The lowest BCUT2D eigenvalue weighted by Crippen LogP contribution is -2.09. The molecule has 4 nitrogen and oxygen atoms in total. The number of hydrogen-bond acceptors (Lipinski definition) is 4. The van der Waals surface area contributed by atoms with Crippen LogP contribution in [0.1, 0.15) is 18.4 Å². The summed E-state index contributed by atoms with van der Waals surface area (Å²) in [5.74, 6) is 0. The lowest BCUT2D eigenvalue weighted by Gasteiger charge is -2.06. The first-order chi connectivity index (χ1) is 7.58. The van der Waals surface area contributed by atoms with Gasteiger partial charge >= 0.3 is 0 Å². The Labute approximate surface area is 95.4 Å². The summed E-state index contributed by atoms with van der Waals surface area (Å²) >= 11 is 0. The van der Waals surface area contributed by atoms with Crippen molar-refractivity contribution in [3.8, 4) is 0 Å². The lowest BCUT2D eigenvalue weighted by molar-refractivity contribution is -0.108. The van der Waals surface area contributed by atoms with Gasteiger partial charge in [0.2, 0.25) is 0 Å². The van der Waals surface area contributed by atoms with E-state index >= 15 is 0 Å². The van der Waals surface area contributed by atoms with Gasteiger partial charge in [-0.2, -0.15) is 8.42 Å². The van der Waals surface area contributed by atoms with Crippen molar-refractivity contribution in [3.63, 3.8) is 0 Å². The first kappa shape index (κ1) is 12.9. The largest absolute Gasteiger partial charge is 0.303 e. The van der Waals surface area contributed by atoms with Crippen LogP contribution in [0.15, 0.2) is 29.2 Å². The van der Waals surface area contributed by atoms with Gasteiger partial charge < -0.3 is 4.79 Å². The Morgan fingerprint density at radius 3 is 2.62 bits per heavy atom. The maximum atomic E-state index is 11.7. The van der Waals surface area contributed by atoms with Crippen LogP contribution in [0.4, 0.5) is 0 Å². The molecular weight excluding hydrogens is 228 g/mol. The summed E-state index contributed by atoms with van der Waals surface area (Å²) in [7, 11) is -3.69. The highest BCUT2D eigenvalue weighted by Crippen LogP contribution is 2.16. The first-order valence-corrected chi connectivity index (χ1v) is 6.37. The number of aryl methyl sites for hydroxylation is 1. The molecule has 0 fully saturated rings. The Morgan fingerprint density at radius 1 is 1.31 bits per heavy atom. The third-order valence-electron chi connectivity index (χ3n) is 2.07. The summed E-state index contributed by atoms with van der Waals surface area (Å²) in [5.41, 5.74) is 0.651. The van der Waals surface area contributed by atoms with Crippen molar-refractivity contribution in [2.24, 2.45) is 0 Å². The van der Waals surface area contributed by atoms with E-state index in [1.807, 2.05) is 0 Å². The molecule has 0 radical (unpaired) electrons. The van der Waals surface area contributed by atoms with Crippen LogP contribution in [0.2, 0.25) is 0 Å². The SMILES string of the molecule is Cc1ccccc1S(=O)(=O)OCCCC=O. The molecule has 0 spiro atoms. The number of benzene rings is 1. The van der Waals surface area contributed by atoms with Gasteiger partial charge in [0, 0.05) is 6.42 Å². The molecule has 16 heavy (non-hydrogen) atoms. The molecular formula is C11H14O4S. The molecule has 1 aromatic rings. The molecule has 0 aromatic heterocycles. The summed E-state index contributed by atoms with van der Waals surface area (Å²) in [6.45, 7) is 1.75. The van der Waals surface area contributed by atoms with Crippen molar-refractivity contribution in [1.82, 2.24) is 0 Å². The standard InChI is InChI=1S/C11H14O4S/c1-10-6-2-3-7-11(10)16(13,14)15-9-5-4-8-12/h2-3,6-8H,4-5,9H2,1H3. The topological polar surface area (TPSA) is 60.4 Å². The quantitative estimate of drug-likeness (QED) is 0.432. The van der Waals surface area contributed by atoms with Gasteiger partial charge in [-0.05, 0) is 25.0 Å². The van der Waals surface area contributed by atoms with Crippen molar-refractivity contribution >= 4 is 16.4 Å². The van der Waals surface area contributed by atoms with Crippen LogP contribution >= 0.6 is 0 Å². The Hall–Kier alpha value is -1.20. The van der Waals surface area contributed by atoms with E-state index in [0.29, 0.717) is 18.4 Å². The zero-order valence-corrected chi connectivity index (χ0v) is 9.87. The van der Waals surface area contributed by atoms with Gasteiger partial charge in [0.25, 0.3) is 10.1 Å². The second-order valence-corrected chi connectivity index (χ2v) is 4.93. The minimum Gasteiger partial charge on any atom is -0.303 e. The molecule has 88 valence electrons. The van der Waals surface area contributed by atoms with E-state index < -0.39 is 10.1 Å². The summed E-state index contributed by atoms with van der Waals surface area (Å²) < 4.78 is 28.2. The maximum absolute atomic E-state index is 11.7. The Bertz CT molecular complexity index is 451. The molecule has 1 rings (SSSR count). The smallest absolute Gasteiger partial charge is 0.297 e. The fourth-order valence-corrected chi connectivity index (χ4v) is 2.41. The summed E-state index contributed by atoms with van der Waals surface area (Å²) in [6, 6.07) is 6.63. The van der Waals surface area contributed by atoms with Crippen molar-refractivity contribution in [1.29, 1.82) is 0 Å². The van der Waals surface area contributed by atoms with E-state index in [4.69, 9.17) is 4.18 Å². The van der Waals surface area contributed by atoms with Gasteiger partial charge in [-0.1, -0.05) is 18.2 Å². The number of hydrogen-bond donors (Lipinski definition) is 0. The lowest BCUT2D eigenvalue weighted by atomic mass is 10.2. The Morgan fingerprint density at radius 2 is 2.00 bits per heavy atom. The molecule has 5 heteroatoms. The normalized spacial score (nSPS) is 11.3. The van der Waals surface area contributed by atoms with Gasteiger partial charge in [-0.25, -0.2) is 0 Å². The molecule has 0 aliphatic heterocycles. The molecule has 0 aliphatic rings.